The number of aliphatic imine (C=N–C) groups is 1. The molecule has 0 spiro atoms. The molecule has 1 saturated carbocycles. The van der Waals surface area contributed by atoms with Crippen LogP contribution in [0.5, 0.6) is 11.5 Å². The summed E-state index contributed by atoms with van der Waals surface area (Å²) in [7, 11) is 5.28. The minimum Gasteiger partial charge on any atom is -0.497 e. The molecular formula is C20H31N3O2. The molecule has 0 aromatic heterocycles. The van der Waals surface area contributed by atoms with Crippen molar-refractivity contribution in [3.8, 4) is 11.5 Å². The van der Waals surface area contributed by atoms with Crippen LogP contribution in [0.3, 0.4) is 0 Å². The molecule has 1 aliphatic heterocycles. The Balaban J connectivity index is 1.56. The summed E-state index contributed by atoms with van der Waals surface area (Å²) >= 11 is 0. The highest BCUT2D eigenvalue weighted by molar-refractivity contribution is 5.80. The van der Waals surface area contributed by atoms with Crippen molar-refractivity contribution in [3.05, 3.63) is 23.8 Å². The van der Waals surface area contributed by atoms with E-state index in [0.29, 0.717) is 5.92 Å². The normalized spacial score (nSPS) is 20.7. The Kier molecular flexibility index (Phi) is 6.05. The molecule has 0 bridgehead atoms. The fourth-order valence-electron chi connectivity index (χ4n) is 3.62. The van der Waals surface area contributed by atoms with Crippen LogP contribution in [0, 0.1) is 5.92 Å². The summed E-state index contributed by atoms with van der Waals surface area (Å²) in [6.45, 7) is 3.04. The molecule has 1 heterocycles. The Bertz CT molecular complexity index is 576. The van der Waals surface area contributed by atoms with Crippen LogP contribution in [-0.2, 0) is 0 Å². The number of guanidine groups is 1. The monoisotopic (exact) mass is 345 g/mol. The molecule has 2 aliphatic rings. The number of nitrogens with zero attached hydrogens (tertiary/aromatic N) is 2. The van der Waals surface area contributed by atoms with E-state index in [1.807, 2.05) is 13.1 Å². The van der Waals surface area contributed by atoms with E-state index in [9.17, 15) is 0 Å². The van der Waals surface area contributed by atoms with E-state index in [0.717, 1.165) is 49.4 Å². The third-order valence-corrected chi connectivity index (χ3v) is 5.31. The molecule has 1 aromatic carbocycles. The van der Waals surface area contributed by atoms with Crippen LogP contribution in [0.1, 0.15) is 43.6 Å². The first-order valence-electron chi connectivity index (χ1n) is 9.42. The summed E-state index contributed by atoms with van der Waals surface area (Å²) < 4.78 is 10.8. The molecular weight excluding hydrogens is 314 g/mol. The van der Waals surface area contributed by atoms with Crippen molar-refractivity contribution >= 4 is 5.96 Å². The summed E-state index contributed by atoms with van der Waals surface area (Å²) in [4.78, 5) is 6.85. The van der Waals surface area contributed by atoms with Gasteiger partial charge in [0.15, 0.2) is 5.96 Å². The van der Waals surface area contributed by atoms with Crippen LogP contribution in [0.25, 0.3) is 0 Å². The number of ether oxygens (including phenoxy) is 2. The Labute approximate surface area is 151 Å². The van der Waals surface area contributed by atoms with Crippen molar-refractivity contribution in [3.63, 3.8) is 0 Å². The van der Waals surface area contributed by atoms with Crippen molar-refractivity contribution < 1.29 is 9.47 Å². The van der Waals surface area contributed by atoms with Crippen molar-refractivity contribution in [1.82, 2.24) is 10.2 Å². The number of rotatable bonds is 7. The fraction of sp³-hybridized carbons (Fsp3) is 0.650. The first kappa shape index (κ1) is 17.9. The predicted octanol–water partition coefficient (Wildman–Crippen LogP) is 3.26. The van der Waals surface area contributed by atoms with Crippen molar-refractivity contribution in [1.29, 1.82) is 0 Å². The molecule has 25 heavy (non-hydrogen) atoms. The molecule has 1 N–H and O–H groups in total. The van der Waals surface area contributed by atoms with Gasteiger partial charge in [0.05, 0.1) is 14.2 Å². The van der Waals surface area contributed by atoms with Crippen LogP contribution in [0.15, 0.2) is 23.2 Å². The predicted molar refractivity (Wildman–Crippen MR) is 102 cm³/mol. The van der Waals surface area contributed by atoms with E-state index < -0.39 is 0 Å². The van der Waals surface area contributed by atoms with Crippen LogP contribution >= 0.6 is 0 Å². The van der Waals surface area contributed by atoms with Crippen LogP contribution < -0.4 is 14.8 Å². The van der Waals surface area contributed by atoms with Gasteiger partial charge in [-0.2, -0.15) is 0 Å². The molecule has 5 nitrogen and oxygen atoms in total. The molecule has 3 rings (SSSR count). The second kappa shape index (κ2) is 8.45. The number of likely N-dealkylation sites (tertiary alicyclic amines) is 1. The topological polar surface area (TPSA) is 46.1 Å². The van der Waals surface area contributed by atoms with Crippen LogP contribution in [0.2, 0.25) is 0 Å². The summed E-state index contributed by atoms with van der Waals surface area (Å²) in [5, 5.41) is 3.54. The number of hydrogen-bond donors (Lipinski definition) is 1. The second-order valence-electron chi connectivity index (χ2n) is 7.14. The largest absolute Gasteiger partial charge is 0.497 e. The highest BCUT2D eigenvalue weighted by Crippen LogP contribution is 2.34. The molecule has 0 radical (unpaired) electrons. The van der Waals surface area contributed by atoms with Gasteiger partial charge in [0, 0.05) is 38.7 Å². The van der Waals surface area contributed by atoms with Crippen molar-refractivity contribution in [2.24, 2.45) is 10.9 Å². The van der Waals surface area contributed by atoms with E-state index in [1.54, 1.807) is 14.2 Å². The lowest BCUT2D eigenvalue weighted by Crippen LogP contribution is -2.40. The number of methoxy groups -OCH3 is 2. The zero-order chi connectivity index (χ0) is 17.6. The minimum atomic E-state index is 0.481. The number of benzene rings is 1. The molecule has 5 heteroatoms. The maximum Gasteiger partial charge on any atom is 0.193 e. The maximum atomic E-state index is 5.41. The average molecular weight is 345 g/mol. The van der Waals surface area contributed by atoms with E-state index in [1.165, 1.54) is 31.2 Å². The highest BCUT2D eigenvalue weighted by atomic mass is 16.5. The Morgan fingerprint density at radius 1 is 1.16 bits per heavy atom. The highest BCUT2D eigenvalue weighted by Gasteiger charge is 2.27. The van der Waals surface area contributed by atoms with Gasteiger partial charge >= 0.3 is 0 Å². The Hall–Kier alpha value is -1.91. The molecule has 1 atom stereocenters. The van der Waals surface area contributed by atoms with Gasteiger partial charge in [-0.1, -0.05) is 12.8 Å². The molecule has 1 saturated heterocycles. The minimum absolute atomic E-state index is 0.481. The molecule has 1 aliphatic carbocycles. The lowest BCUT2D eigenvalue weighted by molar-refractivity contribution is 0.392. The summed E-state index contributed by atoms with van der Waals surface area (Å²) in [6, 6.07) is 6.18. The van der Waals surface area contributed by atoms with E-state index in [4.69, 9.17) is 9.47 Å². The van der Waals surface area contributed by atoms with E-state index in [2.05, 4.69) is 27.3 Å². The van der Waals surface area contributed by atoms with Gasteiger partial charge in [0.1, 0.15) is 11.5 Å². The molecule has 0 amide bonds. The van der Waals surface area contributed by atoms with Crippen molar-refractivity contribution in [2.45, 2.75) is 38.0 Å². The van der Waals surface area contributed by atoms with E-state index in [-0.39, 0.29) is 0 Å². The lowest BCUT2D eigenvalue weighted by Gasteiger charge is -2.22. The zero-order valence-corrected chi connectivity index (χ0v) is 15.8. The Morgan fingerprint density at radius 2 is 1.88 bits per heavy atom. The van der Waals surface area contributed by atoms with Gasteiger partial charge in [-0.05, 0) is 42.9 Å². The first-order valence-corrected chi connectivity index (χ1v) is 9.42. The summed E-state index contributed by atoms with van der Waals surface area (Å²) in [5.41, 5.74) is 1.28. The second-order valence-corrected chi connectivity index (χ2v) is 7.14. The summed E-state index contributed by atoms with van der Waals surface area (Å²) in [5.74, 6) is 4.23. The first-order chi connectivity index (χ1) is 12.2. The standard InChI is InChI=1S/C20H31N3O2/c1-21-20(22-9-4-5-15-6-7-15)23-10-8-16(14-23)17-11-18(24-2)13-19(12-17)25-3/h11-13,15-16H,4-10,14H2,1-3H3,(H,21,22). The summed E-state index contributed by atoms with van der Waals surface area (Å²) in [6.07, 6.45) is 6.60. The SMILES string of the molecule is CN=C(NCCCC1CC1)N1CCC(c2cc(OC)cc(OC)c2)C1. The molecule has 138 valence electrons. The fourth-order valence-corrected chi connectivity index (χ4v) is 3.62. The number of nitrogens with one attached hydrogen (secondary N) is 1. The smallest absolute Gasteiger partial charge is 0.193 e. The van der Waals surface area contributed by atoms with Crippen LogP contribution in [-0.4, -0.2) is 51.8 Å². The van der Waals surface area contributed by atoms with Gasteiger partial charge in [-0.15, -0.1) is 0 Å². The lowest BCUT2D eigenvalue weighted by atomic mass is 9.98. The quantitative estimate of drug-likeness (QED) is 0.468. The Morgan fingerprint density at radius 3 is 2.48 bits per heavy atom. The van der Waals surface area contributed by atoms with Gasteiger partial charge in [0.25, 0.3) is 0 Å². The molecule has 1 aromatic rings. The third kappa shape index (κ3) is 4.80. The molecule has 2 fully saturated rings. The number of hydrogen-bond acceptors (Lipinski definition) is 3. The zero-order valence-electron chi connectivity index (χ0n) is 15.8. The van der Waals surface area contributed by atoms with Gasteiger partial charge in [-0.25, -0.2) is 0 Å². The van der Waals surface area contributed by atoms with E-state index >= 15 is 0 Å². The average Bonchev–Trinajstić information content (AvgIpc) is 3.35. The molecule has 1 unspecified atom stereocenters. The van der Waals surface area contributed by atoms with Gasteiger partial charge < -0.3 is 19.7 Å². The van der Waals surface area contributed by atoms with Crippen LogP contribution in [0.4, 0.5) is 0 Å². The third-order valence-electron chi connectivity index (χ3n) is 5.31. The van der Waals surface area contributed by atoms with Crippen molar-refractivity contribution in [2.75, 3.05) is 40.9 Å². The van der Waals surface area contributed by atoms with Gasteiger partial charge in [-0.3, -0.25) is 4.99 Å². The maximum absolute atomic E-state index is 5.41. The van der Waals surface area contributed by atoms with Gasteiger partial charge in [0.2, 0.25) is 0 Å².